The minimum Gasteiger partial charge on any atom is -0.288 e. The van der Waals surface area contributed by atoms with Crippen LogP contribution in [0.25, 0.3) is 0 Å². The molecule has 0 aromatic heterocycles. The third-order valence-corrected chi connectivity index (χ3v) is 3.34. The molecule has 0 amide bonds. The Kier molecular flexibility index (Phi) is 2.40. The van der Waals surface area contributed by atoms with E-state index < -0.39 is 0 Å². The second kappa shape index (κ2) is 3.54. The monoisotopic (exact) mass is 192 g/mol. The molecule has 1 aliphatic carbocycles. The van der Waals surface area contributed by atoms with Gasteiger partial charge >= 0.3 is 0 Å². The molecule has 0 heterocycles. The lowest BCUT2D eigenvalue weighted by Gasteiger charge is -2.03. The van der Waals surface area contributed by atoms with Crippen molar-refractivity contribution in [2.24, 2.45) is 0 Å². The van der Waals surface area contributed by atoms with Crippen molar-refractivity contribution >= 4 is 16.9 Å². The van der Waals surface area contributed by atoms with E-state index in [9.17, 15) is 4.79 Å². The maximum Gasteiger partial charge on any atom is 0.186 e. The van der Waals surface area contributed by atoms with E-state index >= 15 is 0 Å². The van der Waals surface area contributed by atoms with Crippen LogP contribution in [0.3, 0.4) is 0 Å². The first-order chi connectivity index (χ1) is 6.25. The van der Waals surface area contributed by atoms with Crippen LogP contribution in [0.5, 0.6) is 0 Å². The van der Waals surface area contributed by atoms with Gasteiger partial charge in [0.15, 0.2) is 5.12 Å². The van der Waals surface area contributed by atoms with Crippen molar-refractivity contribution in [3.63, 3.8) is 0 Å². The van der Waals surface area contributed by atoms with Crippen LogP contribution in [0.2, 0.25) is 0 Å². The van der Waals surface area contributed by atoms with Gasteiger partial charge in [0.2, 0.25) is 0 Å². The van der Waals surface area contributed by atoms with E-state index in [-0.39, 0.29) is 5.12 Å². The van der Waals surface area contributed by atoms with Gasteiger partial charge in [0.25, 0.3) is 0 Å². The fourth-order valence-electron chi connectivity index (χ4n) is 1.84. The number of carbonyl (C=O) groups excluding carboxylic acids is 1. The van der Waals surface area contributed by atoms with Gasteiger partial charge in [0.05, 0.1) is 0 Å². The molecular formula is C11H12OS. The fourth-order valence-corrected chi connectivity index (χ4v) is 2.83. The summed E-state index contributed by atoms with van der Waals surface area (Å²) in [6, 6.07) is 8.46. The van der Waals surface area contributed by atoms with Gasteiger partial charge in [-0.2, -0.15) is 0 Å². The zero-order chi connectivity index (χ0) is 9.26. The van der Waals surface area contributed by atoms with Crippen molar-refractivity contribution in [3.05, 3.63) is 35.4 Å². The van der Waals surface area contributed by atoms with Crippen molar-refractivity contribution in [2.75, 3.05) is 0 Å². The molecular weight excluding hydrogens is 180 g/mol. The number of carbonyl (C=O) groups is 1. The Bertz CT molecular complexity index is 308. The summed E-state index contributed by atoms with van der Waals surface area (Å²) in [5.41, 5.74) is 2.84. The van der Waals surface area contributed by atoms with Crippen LogP contribution >= 0.6 is 11.8 Å². The molecule has 0 N–H and O–H groups in total. The molecule has 0 fully saturated rings. The predicted octanol–water partition coefficient (Wildman–Crippen LogP) is 2.43. The van der Waals surface area contributed by atoms with Crippen molar-refractivity contribution in [2.45, 2.75) is 25.0 Å². The van der Waals surface area contributed by atoms with Gasteiger partial charge in [0, 0.05) is 12.2 Å². The molecule has 2 rings (SSSR count). The van der Waals surface area contributed by atoms with E-state index in [1.54, 1.807) is 6.92 Å². The van der Waals surface area contributed by atoms with Crippen LogP contribution in [0, 0.1) is 0 Å². The van der Waals surface area contributed by atoms with Crippen LogP contribution in [-0.2, 0) is 17.6 Å². The van der Waals surface area contributed by atoms with E-state index in [1.807, 2.05) is 0 Å². The van der Waals surface area contributed by atoms with Gasteiger partial charge in [-0.1, -0.05) is 36.0 Å². The summed E-state index contributed by atoms with van der Waals surface area (Å²) < 4.78 is 0. The van der Waals surface area contributed by atoms with Crippen molar-refractivity contribution in [3.8, 4) is 0 Å². The van der Waals surface area contributed by atoms with Crippen molar-refractivity contribution < 1.29 is 4.79 Å². The first-order valence-electron chi connectivity index (χ1n) is 4.49. The molecule has 1 aromatic rings. The Hall–Kier alpha value is -0.760. The summed E-state index contributed by atoms with van der Waals surface area (Å²) in [6.45, 7) is 1.65. The van der Waals surface area contributed by atoms with Crippen LogP contribution < -0.4 is 0 Å². The number of hydrogen-bond acceptors (Lipinski definition) is 2. The third-order valence-electron chi connectivity index (χ3n) is 2.35. The zero-order valence-electron chi connectivity index (χ0n) is 7.62. The molecule has 0 atom stereocenters. The Labute approximate surface area is 82.5 Å². The molecule has 0 saturated heterocycles. The number of rotatable bonds is 1. The standard InChI is InChI=1S/C11H12OS/c1-8(12)13-11-6-9-4-2-3-5-10(9)7-11/h2-5,11H,6-7H2,1H3. The van der Waals surface area contributed by atoms with E-state index in [1.165, 1.54) is 22.9 Å². The highest BCUT2D eigenvalue weighted by Crippen LogP contribution is 2.29. The van der Waals surface area contributed by atoms with E-state index in [0.717, 1.165) is 12.8 Å². The summed E-state index contributed by atoms with van der Waals surface area (Å²) in [5.74, 6) is 0. The van der Waals surface area contributed by atoms with Crippen LogP contribution in [0.4, 0.5) is 0 Å². The van der Waals surface area contributed by atoms with E-state index in [0.29, 0.717) is 5.25 Å². The van der Waals surface area contributed by atoms with Crippen molar-refractivity contribution in [1.29, 1.82) is 0 Å². The lowest BCUT2D eigenvalue weighted by molar-refractivity contribution is -0.109. The zero-order valence-corrected chi connectivity index (χ0v) is 8.43. The normalized spacial score (nSPS) is 15.8. The number of thioether (sulfide) groups is 1. The molecule has 0 spiro atoms. The highest BCUT2D eigenvalue weighted by atomic mass is 32.2. The van der Waals surface area contributed by atoms with Gasteiger partial charge in [0.1, 0.15) is 0 Å². The van der Waals surface area contributed by atoms with E-state index in [2.05, 4.69) is 24.3 Å². The summed E-state index contributed by atoms with van der Waals surface area (Å²) in [7, 11) is 0. The van der Waals surface area contributed by atoms with E-state index in [4.69, 9.17) is 0 Å². The molecule has 0 bridgehead atoms. The predicted molar refractivity (Wildman–Crippen MR) is 55.9 cm³/mol. The molecule has 1 nitrogen and oxygen atoms in total. The molecule has 1 aromatic carbocycles. The lowest BCUT2D eigenvalue weighted by Crippen LogP contribution is -2.03. The SMILES string of the molecule is CC(=O)SC1Cc2ccccc2C1. The summed E-state index contributed by atoms with van der Waals surface area (Å²) in [6.07, 6.45) is 2.11. The van der Waals surface area contributed by atoms with Crippen molar-refractivity contribution in [1.82, 2.24) is 0 Å². The summed E-state index contributed by atoms with van der Waals surface area (Å²) in [4.78, 5) is 10.9. The van der Waals surface area contributed by atoms with Gasteiger partial charge in [-0.05, 0) is 24.0 Å². The number of fused-ring (bicyclic) bond motifs is 1. The van der Waals surface area contributed by atoms with Gasteiger partial charge in [-0.15, -0.1) is 0 Å². The molecule has 68 valence electrons. The van der Waals surface area contributed by atoms with Gasteiger partial charge in [-0.25, -0.2) is 0 Å². The molecule has 13 heavy (non-hydrogen) atoms. The second-order valence-corrected chi connectivity index (χ2v) is 4.89. The molecule has 0 radical (unpaired) electrons. The average Bonchev–Trinajstić information content (AvgIpc) is 2.44. The highest BCUT2D eigenvalue weighted by molar-refractivity contribution is 8.14. The van der Waals surface area contributed by atoms with Crippen LogP contribution in [0.1, 0.15) is 18.1 Å². The smallest absolute Gasteiger partial charge is 0.186 e. The maximum absolute atomic E-state index is 10.9. The molecule has 1 aliphatic rings. The largest absolute Gasteiger partial charge is 0.288 e. The first-order valence-corrected chi connectivity index (χ1v) is 5.37. The third kappa shape index (κ3) is 1.94. The summed E-state index contributed by atoms with van der Waals surface area (Å²) >= 11 is 1.48. The minimum absolute atomic E-state index is 0.234. The van der Waals surface area contributed by atoms with Crippen LogP contribution in [-0.4, -0.2) is 10.4 Å². The number of benzene rings is 1. The van der Waals surface area contributed by atoms with Gasteiger partial charge < -0.3 is 0 Å². The lowest BCUT2D eigenvalue weighted by atomic mass is 10.1. The molecule has 0 aliphatic heterocycles. The second-order valence-electron chi connectivity index (χ2n) is 3.41. The molecule has 0 unspecified atom stereocenters. The average molecular weight is 192 g/mol. The minimum atomic E-state index is 0.234. The molecule has 2 heteroatoms. The maximum atomic E-state index is 10.9. The van der Waals surface area contributed by atoms with Crippen LogP contribution in [0.15, 0.2) is 24.3 Å². The Morgan fingerprint density at radius 3 is 2.31 bits per heavy atom. The highest BCUT2D eigenvalue weighted by Gasteiger charge is 2.22. The summed E-state index contributed by atoms with van der Waals surface area (Å²) in [5, 5.41) is 0.715. The first kappa shape index (κ1) is 8.82. The Morgan fingerprint density at radius 2 is 1.85 bits per heavy atom. The topological polar surface area (TPSA) is 17.1 Å². The fraction of sp³-hybridized carbons (Fsp3) is 0.364. The quantitative estimate of drug-likeness (QED) is 0.679. The Morgan fingerprint density at radius 1 is 1.31 bits per heavy atom. The Balaban J connectivity index is 2.09. The molecule has 0 saturated carbocycles. The number of hydrogen-bond donors (Lipinski definition) is 0. The van der Waals surface area contributed by atoms with Gasteiger partial charge in [-0.3, -0.25) is 4.79 Å².